The third-order valence-electron chi connectivity index (χ3n) is 5.57. The number of nitrogens with one attached hydrogen (secondary N) is 1. The minimum absolute atomic E-state index is 0.000670. The van der Waals surface area contributed by atoms with Gasteiger partial charge in [0.15, 0.2) is 0 Å². The van der Waals surface area contributed by atoms with Crippen LogP contribution in [0.5, 0.6) is 0 Å². The highest BCUT2D eigenvalue weighted by Gasteiger charge is 2.19. The Morgan fingerprint density at radius 3 is 2.81 bits per heavy atom. The first kappa shape index (κ1) is 17.5. The van der Waals surface area contributed by atoms with Crippen molar-refractivity contribution in [3.63, 3.8) is 0 Å². The van der Waals surface area contributed by atoms with Crippen LogP contribution in [-0.4, -0.2) is 24.0 Å². The van der Waals surface area contributed by atoms with E-state index in [4.69, 9.17) is 0 Å². The second-order valence-electron chi connectivity index (χ2n) is 7.22. The van der Waals surface area contributed by atoms with Crippen LogP contribution < -0.4 is 10.2 Å². The number of aromatic nitrogens is 1. The largest absolute Gasteiger partial charge is 0.371 e. The van der Waals surface area contributed by atoms with Crippen molar-refractivity contribution in [2.75, 3.05) is 23.3 Å². The molecule has 4 rings (SSSR count). The maximum absolute atomic E-state index is 12.7. The predicted molar refractivity (Wildman–Crippen MR) is 112 cm³/mol. The third kappa shape index (κ3) is 3.27. The standard InChI is InChI=1S/C23H25N3O/c1-4-26-12-11-17-9-10-18(13-22(17)26)25-23(27)14-20-15(2)19-7-5-6-8-21(19)24-16(20)3/h5-10,13H,4,11-12,14H2,1-3H3,(H,25,27). The van der Waals surface area contributed by atoms with Crippen molar-refractivity contribution in [3.05, 3.63) is 64.8 Å². The molecule has 27 heavy (non-hydrogen) atoms. The first-order valence-electron chi connectivity index (χ1n) is 9.59. The monoisotopic (exact) mass is 359 g/mol. The zero-order valence-corrected chi connectivity index (χ0v) is 16.2. The van der Waals surface area contributed by atoms with Crippen LogP contribution >= 0.6 is 0 Å². The molecule has 0 atom stereocenters. The maximum Gasteiger partial charge on any atom is 0.228 e. The second kappa shape index (κ2) is 7.03. The molecule has 1 N–H and O–H groups in total. The third-order valence-corrected chi connectivity index (χ3v) is 5.57. The molecule has 2 heterocycles. The Hall–Kier alpha value is -2.88. The SMILES string of the molecule is CCN1CCc2ccc(NC(=O)Cc3c(C)nc4ccccc4c3C)cc21. The first-order chi connectivity index (χ1) is 13.1. The quantitative estimate of drug-likeness (QED) is 0.750. The molecule has 0 radical (unpaired) electrons. The number of likely N-dealkylation sites (N-methyl/N-ethyl adjacent to an activating group) is 1. The number of hydrogen-bond acceptors (Lipinski definition) is 3. The molecule has 0 unspecified atom stereocenters. The summed E-state index contributed by atoms with van der Waals surface area (Å²) < 4.78 is 0. The molecule has 0 spiro atoms. The van der Waals surface area contributed by atoms with Crippen LogP contribution in [0.2, 0.25) is 0 Å². The van der Waals surface area contributed by atoms with E-state index in [0.717, 1.165) is 52.9 Å². The van der Waals surface area contributed by atoms with Gasteiger partial charge in [0.05, 0.1) is 11.9 Å². The Morgan fingerprint density at radius 2 is 2.00 bits per heavy atom. The lowest BCUT2D eigenvalue weighted by molar-refractivity contribution is -0.115. The van der Waals surface area contributed by atoms with Crippen molar-refractivity contribution < 1.29 is 4.79 Å². The summed E-state index contributed by atoms with van der Waals surface area (Å²) in [5.41, 5.74) is 7.53. The number of nitrogens with zero attached hydrogens (tertiary/aromatic N) is 2. The van der Waals surface area contributed by atoms with Gasteiger partial charge >= 0.3 is 0 Å². The summed E-state index contributed by atoms with van der Waals surface area (Å²) in [6.45, 7) is 8.28. The van der Waals surface area contributed by atoms with Crippen molar-refractivity contribution in [2.24, 2.45) is 0 Å². The van der Waals surface area contributed by atoms with Crippen LogP contribution in [0.15, 0.2) is 42.5 Å². The fraction of sp³-hybridized carbons (Fsp3) is 0.304. The van der Waals surface area contributed by atoms with Crippen LogP contribution in [0.4, 0.5) is 11.4 Å². The van der Waals surface area contributed by atoms with E-state index in [2.05, 4.69) is 47.2 Å². The van der Waals surface area contributed by atoms with Crippen LogP contribution in [0.3, 0.4) is 0 Å². The molecule has 1 aliphatic rings. The minimum atomic E-state index is -0.000670. The Morgan fingerprint density at radius 1 is 1.19 bits per heavy atom. The van der Waals surface area contributed by atoms with Gasteiger partial charge in [-0.2, -0.15) is 0 Å². The molecule has 1 aromatic heterocycles. The number of carbonyl (C=O) groups excluding carboxylic acids is 1. The molecule has 0 bridgehead atoms. The normalized spacial score (nSPS) is 13.1. The van der Waals surface area contributed by atoms with E-state index in [1.165, 1.54) is 11.3 Å². The molecule has 0 saturated heterocycles. The number of hydrogen-bond donors (Lipinski definition) is 1. The van der Waals surface area contributed by atoms with Gasteiger partial charge in [-0.15, -0.1) is 0 Å². The molecule has 1 aliphatic heterocycles. The van der Waals surface area contributed by atoms with Gasteiger partial charge in [0.2, 0.25) is 5.91 Å². The lowest BCUT2D eigenvalue weighted by Gasteiger charge is -2.17. The van der Waals surface area contributed by atoms with Crippen molar-refractivity contribution in [1.82, 2.24) is 4.98 Å². The second-order valence-corrected chi connectivity index (χ2v) is 7.22. The number of carbonyl (C=O) groups is 1. The molecule has 4 heteroatoms. The fourth-order valence-corrected chi connectivity index (χ4v) is 4.05. The molecule has 1 amide bonds. The number of rotatable bonds is 4. The Labute approximate surface area is 160 Å². The molecule has 2 aromatic carbocycles. The smallest absolute Gasteiger partial charge is 0.228 e. The number of aryl methyl sites for hydroxylation is 2. The Balaban J connectivity index is 1.56. The molecular weight excluding hydrogens is 334 g/mol. The molecule has 0 saturated carbocycles. The summed E-state index contributed by atoms with van der Waals surface area (Å²) in [6, 6.07) is 14.3. The van der Waals surface area contributed by atoms with E-state index in [1.54, 1.807) is 0 Å². The van der Waals surface area contributed by atoms with E-state index in [-0.39, 0.29) is 5.91 Å². The Bertz CT molecular complexity index is 1030. The molecule has 138 valence electrons. The van der Waals surface area contributed by atoms with Crippen molar-refractivity contribution in [2.45, 2.75) is 33.6 Å². The van der Waals surface area contributed by atoms with Gasteiger partial charge in [0, 0.05) is 35.5 Å². The number of anilines is 2. The lowest BCUT2D eigenvalue weighted by Crippen LogP contribution is -2.20. The zero-order chi connectivity index (χ0) is 19.0. The van der Waals surface area contributed by atoms with Gasteiger partial charge in [0.25, 0.3) is 0 Å². The van der Waals surface area contributed by atoms with Crippen LogP contribution in [0.1, 0.15) is 29.3 Å². The van der Waals surface area contributed by atoms with Crippen molar-refractivity contribution in [1.29, 1.82) is 0 Å². The van der Waals surface area contributed by atoms with Crippen molar-refractivity contribution >= 4 is 28.2 Å². The van der Waals surface area contributed by atoms with E-state index in [9.17, 15) is 4.79 Å². The van der Waals surface area contributed by atoms with E-state index < -0.39 is 0 Å². The van der Waals surface area contributed by atoms with Crippen LogP contribution in [-0.2, 0) is 17.6 Å². The summed E-state index contributed by atoms with van der Waals surface area (Å²) in [7, 11) is 0. The average molecular weight is 359 g/mol. The molecule has 0 aliphatic carbocycles. The summed E-state index contributed by atoms with van der Waals surface area (Å²) in [4.78, 5) is 19.8. The number of benzene rings is 2. The van der Waals surface area contributed by atoms with Crippen molar-refractivity contribution in [3.8, 4) is 0 Å². The molecular formula is C23H25N3O. The summed E-state index contributed by atoms with van der Waals surface area (Å²) in [5.74, 6) is -0.000670. The highest BCUT2D eigenvalue weighted by atomic mass is 16.1. The average Bonchev–Trinajstić information content (AvgIpc) is 3.07. The van der Waals surface area contributed by atoms with Crippen LogP contribution in [0, 0.1) is 13.8 Å². The van der Waals surface area contributed by atoms with Gasteiger partial charge in [-0.1, -0.05) is 24.3 Å². The number of amides is 1. The lowest BCUT2D eigenvalue weighted by atomic mass is 9.99. The number of fused-ring (bicyclic) bond motifs is 2. The molecule has 3 aromatic rings. The topological polar surface area (TPSA) is 45.2 Å². The first-order valence-corrected chi connectivity index (χ1v) is 9.59. The number of pyridine rings is 1. The molecule has 4 nitrogen and oxygen atoms in total. The zero-order valence-electron chi connectivity index (χ0n) is 16.2. The van der Waals surface area contributed by atoms with Crippen LogP contribution in [0.25, 0.3) is 10.9 Å². The summed E-state index contributed by atoms with van der Waals surface area (Å²) in [6.07, 6.45) is 1.42. The van der Waals surface area contributed by atoms with E-state index in [1.807, 2.05) is 31.2 Å². The van der Waals surface area contributed by atoms with Gasteiger partial charge in [-0.05, 0) is 62.1 Å². The van der Waals surface area contributed by atoms with E-state index in [0.29, 0.717) is 6.42 Å². The fourth-order valence-electron chi connectivity index (χ4n) is 4.05. The Kier molecular flexibility index (Phi) is 4.56. The van der Waals surface area contributed by atoms with Gasteiger partial charge in [-0.3, -0.25) is 9.78 Å². The highest BCUT2D eigenvalue weighted by Crippen LogP contribution is 2.30. The predicted octanol–water partition coefficient (Wildman–Crippen LogP) is 4.42. The maximum atomic E-state index is 12.7. The minimum Gasteiger partial charge on any atom is -0.371 e. The number of para-hydroxylation sites is 1. The highest BCUT2D eigenvalue weighted by molar-refractivity contribution is 5.94. The van der Waals surface area contributed by atoms with E-state index >= 15 is 0 Å². The molecule has 0 fully saturated rings. The summed E-state index contributed by atoms with van der Waals surface area (Å²) >= 11 is 0. The van der Waals surface area contributed by atoms with Gasteiger partial charge in [-0.25, -0.2) is 0 Å². The summed E-state index contributed by atoms with van der Waals surface area (Å²) in [5, 5.41) is 4.19. The van der Waals surface area contributed by atoms with Gasteiger partial charge < -0.3 is 10.2 Å². The van der Waals surface area contributed by atoms with Gasteiger partial charge in [0.1, 0.15) is 0 Å².